The number of nitrogens with zero attached hydrogens (tertiary/aromatic N) is 3. The Kier molecular flexibility index (Phi) is 3.12. The summed E-state index contributed by atoms with van der Waals surface area (Å²) in [6.07, 6.45) is 4.23. The maximum atomic E-state index is 11.2. The van der Waals surface area contributed by atoms with Gasteiger partial charge in [0.15, 0.2) is 11.9 Å². The van der Waals surface area contributed by atoms with Gasteiger partial charge in [-0.05, 0) is 25.3 Å². The third kappa shape index (κ3) is 2.17. The summed E-state index contributed by atoms with van der Waals surface area (Å²) in [6, 6.07) is 1.33. The normalized spacial score (nSPS) is 19.7. The fourth-order valence-corrected chi connectivity index (χ4v) is 2.48. The van der Waals surface area contributed by atoms with Crippen LogP contribution in [0.2, 0.25) is 5.15 Å². The lowest BCUT2D eigenvalue weighted by Gasteiger charge is -2.23. The highest BCUT2D eigenvalue weighted by Crippen LogP contribution is 2.27. The number of pyridine rings is 1. The summed E-state index contributed by atoms with van der Waals surface area (Å²) in [7, 11) is 0. The zero-order valence-electron chi connectivity index (χ0n) is 10.0. The molecule has 1 aliphatic heterocycles. The summed E-state index contributed by atoms with van der Waals surface area (Å²) in [5, 5.41) is 14.0. The zero-order valence-corrected chi connectivity index (χ0v) is 10.8. The Bertz CT molecular complexity index is 634. The van der Waals surface area contributed by atoms with Crippen LogP contribution in [0.4, 0.5) is 0 Å². The molecular formula is C12H12ClN3O3. The van der Waals surface area contributed by atoms with E-state index < -0.39 is 5.97 Å². The summed E-state index contributed by atoms with van der Waals surface area (Å²) in [5.74, 6) is -1.04. The number of aromatic nitrogens is 3. The quantitative estimate of drug-likeness (QED) is 0.856. The summed E-state index contributed by atoms with van der Waals surface area (Å²) in [6.45, 7) is 0.679. The van der Waals surface area contributed by atoms with E-state index in [2.05, 4.69) is 10.1 Å². The molecule has 1 fully saturated rings. The van der Waals surface area contributed by atoms with Gasteiger partial charge in [-0.1, -0.05) is 11.6 Å². The molecule has 0 aromatic carbocycles. The van der Waals surface area contributed by atoms with E-state index >= 15 is 0 Å². The third-order valence-electron chi connectivity index (χ3n) is 3.19. The molecule has 1 atom stereocenters. The second-order valence-electron chi connectivity index (χ2n) is 4.45. The Morgan fingerprint density at radius 2 is 2.37 bits per heavy atom. The average Bonchev–Trinajstić information content (AvgIpc) is 2.82. The van der Waals surface area contributed by atoms with E-state index in [9.17, 15) is 9.90 Å². The van der Waals surface area contributed by atoms with E-state index in [0.717, 1.165) is 19.3 Å². The minimum absolute atomic E-state index is 0.108. The molecule has 19 heavy (non-hydrogen) atoms. The Labute approximate surface area is 113 Å². The van der Waals surface area contributed by atoms with Crippen LogP contribution in [-0.4, -0.2) is 32.4 Å². The number of aromatic carboxylic acids is 1. The highest BCUT2D eigenvalue weighted by molar-refractivity contribution is 6.30. The van der Waals surface area contributed by atoms with Crippen LogP contribution in [0.15, 0.2) is 12.3 Å². The second-order valence-corrected chi connectivity index (χ2v) is 4.83. The van der Waals surface area contributed by atoms with Crippen molar-refractivity contribution in [2.75, 3.05) is 6.61 Å². The lowest BCUT2D eigenvalue weighted by Crippen LogP contribution is -2.19. The summed E-state index contributed by atoms with van der Waals surface area (Å²) in [5.41, 5.74) is 0.564. The molecular weight excluding hydrogens is 270 g/mol. The molecule has 1 unspecified atom stereocenters. The Morgan fingerprint density at radius 1 is 1.53 bits per heavy atom. The predicted molar refractivity (Wildman–Crippen MR) is 68.3 cm³/mol. The van der Waals surface area contributed by atoms with Crippen molar-refractivity contribution in [2.24, 2.45) is 0 Å². The molecule has 0 bridgehead atoms. The van der Waals surface area contributed by atoms with Crippen molar-refractivity contribution in [1.82, 2.24) is 14.8 Å². The highest BCUT2D eigenvalue weighted by atomic mass is 35.5. The van der Waals surface area contributed by atoms with E-state index in [-0.39, 0.29) is 16.9 Å². The lowest BCUT2D eigenvalue weighted by atomic mass is 10.2. The maximum Gasteiger partial charge on any atom is 0.336 e. The van der Waals surface area contributed by atoms with Gasteiger partial charge < -0.3 is 9.84 Å². The van der Waals surface area contributed by atoms with Crippen LogP contribution in [0.1, 0.15) is 35.8 Å². The number of rotatable bonds is 2. The van der Waals surface area contributed by atoms with E-state index in [1.54, 1.807) is 4.68 Å². The first-order chi connectivity index (χ1) is 9.16. The van der Waals surface area contributed by atoms with Crippen LogP contribution in [0.25, 0.3) is 11.0 Å². The van der Waals surface area contributed by atoms with Crippen molar-refractivity contribution in [2.45, 2.75) is 25.5 Å². The molecule has 1 saturated heterocycles. The Morgan fingerprint density at radius 3 is 3.05 bits per heavy atom. The zero-order chi connectivity index (χ0) is 13.4. The van der Waals surface area contributed by atoms with Gasteiger partial charge in [-0.2, -0.15) is 5.10 Å². The fourth-order valence-electron chi connectivity index (χ4n) is 2.29. The number of fused-ring (bicyclic) bond motifs is 1. The molecule has 2 aromatic rings. The molecule has 2 aromatic heterocycles. The van der Waals surface area contributed by atoms with Crippen LogP contribution in [-0.2, 0) is 4.74 Å². The molecule has 0 spiro atoms. The monoisotopic (exact) mass is 281 g/mol. The van der Waals surface area contributed by atoms with Gasteiger partial charge in [0.25, 0.3) is 0 Å². The molecule has 0 saturated carbocycles. The summed E-state index contributed by atoms with van der Waals surface area (Å²) >= 11 is 5.88. The van der Waals surface area contributed by atoms with E-state index in [4.69, 9.17) is 16.3 Å². The van der Waals surface area contributed by atoms with Gasteiger partial charge in [-0.15, -0.1) is 0 Å². The standard InChI is InChI=1S/C12H12ClN3O3/c13-9-5-7(12(17)18)8-6-14-16(11(8)15-9)10-3-1-2-4-19-10/h5-6,10H,1-4H2,(H,17,18). The van der Waals surface area contributed by atoms with Crippen LogP contribution in [0.5, 0.6) is 0 Å². The van der Waals surface area contributed by atoms with Crippen molar-refractivity contribution < 1.29 is 14.6 Å². The van der Waals surface area contributed by atoms with Crippen molar-refractivity contribution in [1.29, 1.82) is 0 Å². The number of carbonyl (C=O) groups is 1. The molecule has 1 aliphatic rings. The van der Waals surface area contributed by atoms with Crippen LogP contribution in [0, 0.1) is 0 Å². The van der Waals surface area contributed by atoms with Crippen LogP contribution in [0.3, 0.4) is 0 Å². The van der Waals surface area contributed by atoms with Crippen LogP contribution >= 0.6 is 11.6 Å². The fraction of sp³-hybridized carbons (Fsp3) is 0.417. The molecule has 3 heterocycles. The first kappa shape index (κ1) is 12.4. The van der Waals surface area contributed by atoms with Crippen molar-refractivity contribution in [3.63, 3.8) is 0 Å². The van der Waals surface area contributed by atoms with Gasteiger partial charge in [-0.25, -0.2) is 14.5 Å². The third-order valence-corrected chi connectivity index (χ3v) is 3.39. The smallest absolute Gasteiger partial charge is 0.336 e. The van der Waals surface area contributed by atoms with Gasteiger partial charge in [0.2, 0.25) is 0 Å². The van der Waals surface area contributed by atoms with Crippen molar-refractivity contribution >= 4 is 28.6 Å². The number of hydrogen-bond acceptors (Lipinski definition) is 4. The SMILES string of the molecule is O=C(O)c1cc(Cl)nc2c1cnn2C1CCCCO1. The molecule has 0 amide bonds. The first-order valence-electron chi connectivity index (χ1n) is 6.05. The van der Waals surface area contributed by atoms with Gasteiger partial charge in [0.05, 0.1) is 17.1 Å². The summed E-state index contributed by atoms with van der Waals surface area (Å²) < 4.78 is 7.26. The number of hydrogen-bond donors (Lipinski definition) is 1. The first-order valence-corrected chi connectivity index (χ1v) is 6.43. The van der Waals surface area contributed by atoms with Gasteiger partial charge in [0, 0.05) is 6.61 Å². The van der Waals surface area contributed by atoms with Gasteiger partial charge in [-0.3, -0.25) is 0 Å². The molecule has 0 aliphatic carbocycles. The summed E-state index contributed by atoms with van der Waals surface area (Å²) in [4.78, 5) is 15.4. The Balaban J connectivity index is 2.14. The molecule has 1 N–H and O–H groups in total. The number of ether oxygens (including phenoxy) is 1. The average molecular weight is 282 g/mol. The highest BCUT2D eigenvalue weighted by Gasteiger charge is 2.22. The molecule has 7 heteroatoms. The largest absolute Gasteiger partial charge is 0.478 e. The van der Waals surface area contributed by atoms with E-state index in [0.29, 0.717) is 17.6 Å². The van der Waals surface area contributed by atoms with Crippen LogP contribution < -0.4 is 0 Å². The molecule has 0 radical (unpaired) electrons. The van der Waals surface area contributed by atoms with E-state index in [1.807, 2.05) is 0 Å². The number of carboxylic acid groups (broad SMARTS) is 1. The number of halogens is 1. The van der Waals surface area contributed by atoms with Gasteiger partial charge >= 0.3 is 5.97 Å². The minimum atomic E-state index is -1.04. The van der Waals surface area contributed by atoms with Crippen molar-refractivity contribution in [3.8, 4) is 0 Å². The topological polar surface area (TPSA) is 77.2 Å². The molecule has 100 valence electrons. The molecule has 6 nitrogen and oxygen atoms in total. The van der Waals surface area contributed by atoms with Crippen molar-refractivity contribution in [3.05, 3.63) is 23.0 Å². The van der Waals surface area contributed by atoms with E-state index in [1.165, 1.54) is 12.3 Å². The second kappa shape index (κ2) is 4.79. The minimum Gasteiger partial charge on any atom is -0.478 e. The Hall–Kier alpha value is -1.66. The van der Waals surface area contributed by atoms with Gasteiger partial charge in [0.1, 0.15) is 5.15 Å². The predicted octanol–water partition coefficient (Wildman–Crippen LogP) is 2.48. The number of carboxylic acids is 1. The maximum absolute atomic E-state index is 11.2. The molecule has 3 rings (SSSR count). The lowest BCUT2D eigenvalue weighted by molar-refractivity contribution is -0.0370.